The minimum absolute atomic E-state index is 0.210. The highest BCUT2D eigenvalue weighted by atomic mass is 32.1. The van der Waals surface area contributed by atoms with Gasteiger partial charge < -0.3 is 9.47 Å². The van der Waals surface area contributed by atoms with Crippen molar-refractivity contribution in [3.05, 3.63) is 58.3 Å². The van der Waals surface area contributed by atoms with Crippen LogP contribution in [0.1, 0.15) is 20.7 Å². The van der Waals surface area contributed by atoms with Gasteiger partial charge in [0.1, 0.15) is 0 Å². The van der Waals surface area contributed by atoms with Crippen LogP contribution in [0, 0.1) is 0 Å². The third-order valence-electron chi connectivity index (χ3n) is 2.16. The van der Waals surface area contributed by atoms with Gasteiger partial charge in [0, 0.05) is 0 Å². The van der Waals surface area contributed by atoms with Crippen molar-refractivity contribution >= 4 is 23.3 Å². The molecule has 0 unspecified atom stereocenters. The van der Waals surface area contributed by atoms with Crippen LogP contribution < -0.4 is 0 Å². The molecule has 0 radical (unpaired) electrons. The zero-order chi connectivity index (χ0) is 14.1. The molecule has 0 saturated carbocycles. The van der Waals surface area contributed by atoms with E-state index in [1.165, 1.54) is 26.4 Å². The van der Waals surface area contributed by atoms with Crippen LogP contribution in [0.15, 0.2) is 47.2 Å². The highest BCUT2D eigenvalue weighted by Crippen LogP contribution is 2.10. The number of ether oxygens (including phenoxy) is 2. The number of carbonyl (C=O) groups is 2. The van der Waals surface area contributed by atoms with Crippen molar-refractivity contribution in [2.24, 2.45) is 0 Å². The van der Waals surface area contributed by atoms with Gasteiger partial charge in [-0.05, 0) is 22.9 Å². The highest BCUT2D eigenvalue weighted by molar-refractivity contribution is 7.07. The first-order chi connectivity index (χ1) is 9.20. The number of methoxy groups -OCH3 is 2. The molecule has 1 aromatic heterocycles. The van der Waals surface area contributed by atoms with E-state index in [4.69, 9.17) is 0 Å². The first-order valence-electron chi connectivity index (χ1n) is 5.43. The van der Waals surface area contributed by atoms with E-state index in [0.717, 1.165) is 0 Å². The number of rotatable bonds is 2. The number of thiophene rings is 1. The number of carbonyl (C=O) groups excluding carboxylic acids is 2. The Bertz CT molecular complexity index is 468. The first kappa shape index (κ1) is 14.9. The van der Waals surface area contributed by atoms with Gasteiger partial charge in [-0.3, -0.25) is 0 Å². The summed E-state index contributed by atoms with van der Waals surface area (Å²) in [4.78, 5) is 22.4. The average molecular weight is 278 g/mol. The molecule has 0 spiro atoms. The molecule has 0 aliphatic heterocycles. The summed E-state index contributed by atoms with van der Waals surface area (Å²) in [5.74, 6) is -1.10. The fraction of sp³-hybridized carbons (Fsp3) is 0.143. The number of benzene rings is 1. The number of esters is 2. The molecule has 0 fully saturated rings. The van der Waals surface area contributed by atoms with E-state index in [-0.39, 0.29) is 11.1 Å². The fourth-order valence-corrected chi connectivity index (χ4v) is 1.74. The molecular weight excluding hydrogens is 264 g/mol. The molecule has 0 aliphatic carbocycles. The summed E-state index contributed by atoms with van der Waals surface area (Å²) in [6.45, 7) is 0. The predicted molar refractivity (Wildman–Crippen MR) is 73.4 cm³/mol. The Hall–Kier alpha value is -2.14. The monoisotopic (exact) mass is 278 g/mol. The number of hydrogen-bond acceptors (Lipinski definition) is 5. The molecule has 0 bridgehead atoms. The molecule has 1 heterocycles. The topological polar surface area (TPSA) is 52.6 Å². The summed E-state index contributed by atoms with van der Waals surface area (Å²) in [7, 11) is 2.52. The minimum atomic E-state index is -0.550. The van der Waals surface area contributed by atoms with Crippen molar-refractivity contribution in [1.29, 1.82) is 0 Å². The Kier molecular flexibility index (Phi) is 6.32. The minimum Gasteiger partial charge on any atom is -0.465 e. The van der Waals surface area contributed by atoms with Crippen LogP contribution in [0.3, 0.4) is 0 Å². The lowest BCUT2D eigenvalue weighted by molar-refractivity contribution is 0.0555. The summed E-state index contributed by atoms with van der Waals surface area (Å²) in [5, 5.41) is 4.08. The average Bonchev–Trinajstić information content (AvgIpc) is 3.05. The van der Waals surface area contributed by atoms with Crippen LogP contribution in [0.5, 0.6) is 0 Å². The van der Waals surface area contributed by atoms with Crippen LogP contribution >= 0.6 is 11.3 Å². The highest BCUT2D eigenvalue weighted by Gasteiger charge is 2.16. The standard InChI is InChI=1S/C10H10O4.C4H4S/c1-13-9(11)7-5-3-4-6-8(7)10(12)14-2;1-2-4-5-3-1/h3-6H,1-2H3;1-4H. The van der Waals surface area contributed by atoms with Gasteiger partial charge in [-0.1, -0.05) is 24.3 Å². The van der Waals surface area contributed by atoms with Crippen molar-refractivity contribution < 1.29 is 19.1 Å². The Morgan fingerprint density at radius 1 is 0.842 bits per heavy atom. The van der Waals surface area contributed by atoms with E-state index < -0.39 is 11.9 Å². The first-order valence-corrected chi connectivity index (χ1v) is 6.37. The molecule has 0 atom stereocenters. The fourth-order valence-electron chi connectivity index (χ4n) is 1.29. The van der Waals surface area contributed by atoms with Gasteiger partial charge in [-0.15, -0.1) is 0 Å². The summed E-state index contributed by atoms with van der Waals surface area (Å²) in [6, 6.07) is 10.4. The van der Waals surface area contributed by atoms with Gasteiger partial charge >= 0.3 is 11.9 Å². The van der Waals surface area contributed by atoms with Crippen LogP contribution in [0.25, 0.3) is 0 Å². The van der Waals surface area contributed by atoms with Crippen LogP contribution in [-0.2, 0) is 9.47 Å². The quantitative estimate of drug-likeness (QED) is 0.792. The summed E-state index contributed by atoms with van der Waals surface area (Å²) in [6.07, 6.45) is 0. The normalized spacial score (nSPS) is 8.95. The maximum atomic E-state index is 11.2. The van der Waals surface area contributed by atoms with E-state index >= 15 is 0 Å². The molecule has 19 heavy (non-hydrogen) atoms. The third-order valence-corrected chi connectivity index (χ3v) is 2.79. The van der Waals surface area contributed by atoms with Gasteiger partial charge in [0.25, 0.3) is 0 Å². The second-order valence-electron chi connectivity index (χ2n) is 3.32. The SMILES string of the molecule is COC(=O)c1ccccc1C(=O)OC.c1ccsc1. The van der Waals surface area contributed by atoms with Crippen LogP contribution in [0.4, 0.5) is 0 Å². The van der Waals surface area contributed by atoms with E-state index in [0.29, 0.717) is 0 Å². The molecule has 100 valence electrons. The smallest absolute Gasteiger partial charge is 0.338 e. The zero-order valence-corrected chi connectivity index (χ0v) is 11.5. The molecule has 4 nitrogen and oxygen atoms in total. The van der Waals surface area contributed by atoms with Gasteiger partial charge in [0.05, 0.1) is 25.3 Å². The van der Waals surface area contributed by atoms with Crippen molar-refractivity contribution in [3.63, 3.8) is 0 Å². The Balaban J connectivity index is 0.000000300. The van der Waals surface area contributed by atoms with E-state index in [9.17, 15) is 9.59 Å². The van der Waals surface area contributed by atoms with Crippen molar-refractivity contribution in [1.82, 2.24) is 0 Å². The van der Waals surface area contributed by atoms with Crippen molar-refractivity contribution in [2.75, 3.05) is 14.2 Å². The second kappa shape index (κ2) is 8.05. The van der Waals surface area contributed by atoms with Crippen LogP contribution in [-0.4, -0.2) is 26.2 Å². The Morgan fingerprint density at radius 2 is 1.26 bits per heavy atom. The second-order valence-corrected chi connectivity index (χ2v) is 4.14. The lowest BCUT2D eigenvalue weighted by Crippen LogP contribution is -2.11. The molecule has 5 heteroatoms. The lowest BCUT2D eigenvalue weighted by atomic mass is 10.1. The van der Waals surface area contributed by atoms with E-state index in [1.54, 1.807) is 23.5 Å². The zero-order valence-electron chi connectivity index (χ0n) is 10.7. The Morgan fingerprint density at radius 3 is 1.53 bits per heavy atom. The van der Waals surface area contributed by atoms with Crippen molar-refractivity contribution in [2.45, 2.75) is 0 Å². The molecule has 0 N–H and O–H groups in total. The van der Waals surface area contributed by atoms with Gasteiger partial charge in [0.2, 0.25) is 0 Å². The molecular formula is C14H14O4S. The summed E-state index contributed by atoms with van der Waals surface area (Å²) in [5.41, 5.74) is 0.420. The van der Waals surface area contributed by atoms with Crippen LogP contribution in [0.2, 0.25) is 0 Å². The lowest BCUT2D eigenvalue weighted by Gasteiger charge is -2.04. The number of hydrogen-bond donors (Lipinski definition) is 0. The van der Waals surface area contributed by atoms with E-state index in [1.807, 2.05) is 22.9 Å². The van der Waals surface area contributed by atoms with Gasteiger partial charge in [-0.2, -0.15) is 11.3 Å². The summed E-state index contributed by atoms with van der Waals surface area (Å²) >= 11 is 1.71. The molecule has 0 saturated heterocycles. The summed E-state index contributed by atoms with van der Waals surface area (Å²) < 4.78 is 9.05. The van der Waals surface area contributed by atoms with Crippen molar-refractivity contribution in [3.8, 4) is 0 Å². The predicted octanol–water partition coefficient (Wildman–Crippen LogP) is 3.01. The maximum Gasteiger partial charge on any atom is 0.338 e. The van der Waals surface area contributed by atoms with E-state index in [2.05, 4.69) is 9.47 Å². The Labute approximate surface area is 115 Å². The third kappa shape index (κ3) is 4.56. The molecule has 0 aliphatic rings. The molecule has 2 rings (SSSR count). The molecule has 1 aromatic carbocycles. The maximum absolute atomic E-state index is 11.2. The molecule has 2 aromatic rings. The van der Waals surface area contributed by atoms with Gasteiger partial charge in [-0.25, -0.2) is 9.59 Å². The van der Waals surface area contributed by atoms with Gasteiger partial charge in [0.15, 0.2) is 0 Å². The molecule has 0 amide bonds. The largest absolute Gasteiger partial charge is 0.465 e.